The third-order valence-electron chi connectivity index (χ3n) is 3.79. The lowest BCUT2D eigenvalue weighted by Gasteiger charge is -2.28. The molecule has 0 amide bonds. The number of nitrogens with zero attached hydrogens (tertiary/aromatic N) is 1. The van der Waals surface area contributed by atoms with Crippen molar-refractivity contribution in [2.24, 2.45) is 0 Å². The molecule has 8 heteroatoms. The van der Waals surface area contributed by atoms with Gasteiger partial charge in [-0.2, -0.15) is 5.48 Å². The molecule has 1 aromatic rings. The zero-order valence-electron chi connectivity index (χ0n) is 12.9. The van der Waals surface area contributed by atoms with Gasteiger partial charge in [-0.05, 0) is 30.8 Å². The first-order chi connectivity index (χ1) is 10.9. The van der Waals surface area contributed by atoms with Crippen LogP contribution in [-0.2, 0) is 9.53 Å². The van der Waals surface area contributed by atoms with Gasteiger partial charge in [0.15, 0.2) is 5.70 Å². The number of benzene rings is 1. The van der Waals surface area contributed by atoms with Crippen molar-refractivity contribution >= 4 is 11.7 Å². The Morgan fingerprint density at radius 3 is 2.52 bits per heavy atom. The molecule has 0 fully saturated rings. The van der Waals surface area contributed by atoms with Crippen LogP contribution in [0.25, 0.3) is 0 Å². The number of anilines is 1. The van der Waals surface area contributed by atoms with Gasteiger partial charge in [0.2, 0.25) is 0 Å². The Balaban J connectivity index is 2.71. The van der Waals surface area contributed by atoms with Gasteiger partial charge in [-0.15, -0.1) is 0 Å². The van der Waals surface area contributed by atoms with E-state index in [0.717, 1.165) is 5.48 Å². The minimum atomic E-state index is -1.01. The van der Waals surface area contributed by atoms with Crippen molar-refractivity contribution < 1.29 is 29.2 Å². The zero-order valence-corrected chi connectivity index (χ0v) is 12.9. The molecule has 124 valence electrons. The molecule has 0 radical (unpaired) electrons. The van der Waals surface area contributed by atoms with Crippen LogP contribution in [0.2, 0.25) is 0 Å². The van der Waals surface area contributed by atoms with Crippen LogP contribution in [-0.4, -0.2) is 18.3 Å². The summed E-state index contributed by atoms with van der Waals surface area (Å²) >= 11 is 0. The summed E-state index contributed by atoms with van der Waals surface area (Å²) in [5.74, 6) is -1.51. The van der Waals surface area contributed by atoms with E-state index in [-0.39, 0.29) is 16.8 Å². The largest absolute Gasteiger partial charge is 0.466 e. The van der Waals surface area contributed by atoms with Gasteiger partial charge < -0.3 is 10.1 Å². The van der Waals surface area contributed by atoms with Gasteiger partial charge in [0.25, 0.3) is 0 Å². The molecule has 0 unspecified atom stereocenters. The number of hydroxylamine groups is 1. The van der Waals surface area contributed by atoms with Crippen LogP contribution in [0, 0.1) is 0 Å². The maximum atomic E-state index is 13.2. The summed E-state index contributed by atoms with van der Waals surface area (Å²) in [6.45, 7) is 3.35. The molecule has 0 saturated carbocycles. The maximum Gasteiger partial charge on any atom is 0.336 e. The molecule has 0 bridgehead atoms. The van der Waals surface area contributed by atoms with Crippen molar-refractivity contribution in [2.45, 2.75) is 19.8 Å². The molecule has 1 atom stereocenters. The summed E-state index contributed by atoms with van der Waals surface area (Å²) in [7, 11) is 1.22. The molecule has 1 aromatic carbocycles. The first kappa shape index (κ1) is 16.9. The number of esters is 1. The number of carbonyl (C=O) groups excluding carboxylic acids is 1. The Kier molecular flexibility index (Phi) is 4.97. The van der Waals surface area contributed by atoms with Gasteiger partial charge in [0, 0.05) is 5.70 Å². The molecule has 1 aliphatic rings. The number of methoxy groups -OCH3 is 1. The summed E-state index contributed by atoms with van der Waals surface area (Å²) in [5.41, 5.74) is 2.22. The third kappa shape index (κ3) is 3.03. The second-order valence-electron chi connectivity index (χ2n) is 5.09. The Morgan fingerprint density at radius 1 is 1.30 bits per heavy atom. The van der Waals surface area contributed by atoms with Crippen LogP contribution in [0.5, 0.6) is 0 Å². The van der Waals surface area contributed by atoms with Crippen LogP contribution in [0.3, 0.4) is 0 Å². The SMILES string of the molecule is COC(=O)C1=C(C)NC(C)=C([NH2+]O)[C@H]1c1ccccc1N(F)F. The van der Waals surface area contributed by atoms with Crippen LogP contribution in [0.1, 0.15) is 25.3 Å². The molecule has 1 heterocycles. The van der Waals surface area contributed by atoms with Gasteiger partial charge in [0.1, 0.15) is 5.69 Å². The lowest BCUT2D eigenvalue weighted by Crippen LogP contribution is -2.80. The number of nitrogens with one attached hydrogen (secondary N) is 1. The van der Waals surface area contributed by atoms with Gasteiger partial charge in [-0.25, -0.2) is 10.0 Å². The van der Waals surface area contributed by atoms with E-state index in [1.54, 1.807) is 19.9 Å². The highest BCUT2D eigenvalue weighted by molar-refractivity contribution is 5.92. The van der Waals surface area contributed by atoms with E-state index in [4.69, 9.17) is 4.74 Å². The summed E-state index contributed by atoms with van der Waals surface area (Å²) in [5, 5.41) is 11.5. The second-order valence-corrected chi connectivity index (χ2v) is 5.09. The van der Waals surface area contributed by atoms with Gasteiger partial charge >= 0.3 is 5.97 Å². The first-order valence-corrected chi connectivity index (χ1v) is 6.87. The molecule has 2 rings (SSSR count). The lowest BCUT2D eigenvalue weighted by atomic mass is 9.83. The Morgan fingerprint density at radius 2 is 1.96 bits per heavy atom. The highest BCUT2D eigenvalue weighted by Gasteiger charge is 2.38. The van der Waals surface area contributed by atoms with Crippen LogP contribution in [0.4, 0.5) is 14.6 Å². The number of rotatable bonds is 4. The van der Waals surface area contributed by atoms with Gasteiger partial charge in [-0.1, -0.05) is 27.2 Å². The number of hydrogen-bond acceptors (Lipinski definition) is 5. The van der Waals surface area contributed by atoms with Crippen LogP contribution < -0.4 is 16.1 Å². The standard InChI is InChI=1S/C15H17F2N3O3/c1-8-12(15(21)23-3)13(14(19-22)9(2)18-8)10-6-4-5-7-11(10)20(16)17/h4-7,13,18-19,22H,1-3H3/p+1/t13-/m0/s1. The minimum absolute atomic E-state index is 0.174. The van der Waals surface area contributed by atoms with Gasteiger partial charge in [0.05, 0.1) is 24.3 Å². The molecule has 6 nitrogen and oxygen atoms in total. The fourth-order valence-corrected chi connectivity index (χ4v) is 2.77. The number of hydrogen-bond donors (Lipinski definition) is 3. The summed E-state index contributed by atoms with van der Waals surface area (Å²) in [6.07, 6.45) is 0. The monoisotopic (exact) mass is 326 g/mol. The number of ether oxygens (including phenoxy) is 1. The van der Waals surface area contributed by atoms with Crippen LogP contribution >= 0.6 is 0 Å². The quantitative estimate of drug-likeness (QED) is 0.445. The average Bonchev–Trinajstić information content (AvgIpc) is 2.53. The number of halogens is 2. The number of nitrogens with two attached hydrogens (primary N) is 1. The Labute approximate surface area is 131 Å². The molecule has 1 aliphatic heterocycles. The number of para-hydroxylation sites is 1. The number of dihydropyridines is 1. The fraction of sp³-hybridized carbons (Fsp3) is 0.267. The molecule has 4 N–H and O–H groups in total. The van der Waals surface area contributed by atoms with E-state index in [1.165, 1.54) is 25.3 Å². The molecule has 0 aromatic heterocycles. The molecular formula is C15H18F2N3O3+. The molecular weight excluding hydrogens is 308 g/mol. The molecule has 0 spiro atoms. The maximum absolute atomic E-state index is 13.2. The van der Waals surface area contributed by atoms with E-state index in [9.17, 15) is 19.0 Å². The zero-order chi connectivity index (χ0) is 17.1. The van der Waals surface area contributed by atoms with Crippen molar-refractivity contribution in [3.05, 3.63) is 52.5 Å². The van der Waals surface area contributed by atoms with E-state index in [0.29, 0.717) is 17.1 Å². The average molecular weight is 326 g/mol. The van der Waals surface area contributed by atoms with Crippen molar-refractivity contribution in [3.63, 3.8) is 0 Å². The summed E-state index contributed by atoms with van der Waals surface area (Å²) in [6, 6.07) is 5.80. The topological polar surface area (TPSA) is 78.4 Å². The van der Waals surface area contributed by atoms with Crippen LogP contribution in [0.15, 0.2) is 46.9 Å². The van der Waals surface area contributed by atoms with E-state index < -0.39 is 17.2 Å². The minimum Gasteiger partial charge on any atom is -0.466 e. The lowest BCUT2D eigenvalue weighted by molar-refractivity contribution is -0.853. The number of quaternary nitrogens is 1. The molecule has 23 heavy (non-hydrogen) atoms. The van der Waals surface area contributed by atoms with Gasteiger partial charge in [-0.3, -0.25) is 0 Å². The third-order valence-corrected chi connectivity index (χ3v) is 3.79. The van der Waals surface area contributed by atoms with E-state index in [1.807, 2.05) is 0 Å². The molecule has 0 saturated heterocycles. The Hall–Kier alpha value is -2.45. The smallest absolute Gasteiger partial charge is 0.336 e. The van der Waals surface area contributed by atoms with E-state index >= 15 is 0 Å². The van der Waals surface area contributed by atoms with Crippen molar-refractivity contribution in [3.8, 4) is 0 Å². The van der Waals surface area contributed by atoms with Crippen molar-refractivity contribution in [2.75, 3.05) is 12.5 Å². The predicted molar refractivity (Wildman–Crippen MR) is 78.1 cm³/mol. The first-order valence-electron chi connectivity index (χ1n) is 6.87. The summed E-state index contributed by atoms with van der Waals surface area (Å²) in [4.78, 5) is 12.2. The highest BCUT2D eigenvalue weighted by Crippen LogP contribution is 2.40. The molecule has 0 aliphatic carbocycles. The number of carbonyl (C=O) groups is 1. The van der Waals surface area contributed by atoms with Crippen molar-refractivity contribution in [1.29, 1.82) is 0 Å². The Bertz CT molecular complexity index is 686. The predicted octanol–water partition coefficient (Wildman–Crippen LogP) is 1.58. The van der Waals surface area contributed by atoms with E-state index in [2.05, 4.69) is 5.32 Å². The number of allylic oxidation sites excluding steroid dienone is 3. The normalized spacial score (nSPS) is 17.9. The second kappa shape index (κ2) is 6.76. The fourth-order valence-electron chi connectivity index (χ4n) is 2.77. The summed E-state index contributed by atoms with van der Waals surface area (Å²) < 4.78 is 31.2. The highest BCUT2D eigenvalue weighted by atomic mass is 19.4. The van der Waals surface area contributed by atoms with Crippen molar-refractivity contribution in [1.82, 2.24) is 5.32 Å².